The van der Waals surface area contributed by atoms with Crippen molar-refractivity contribution in [3.8, 4) is 0 Å². The SMILES string of the molecule is CCC1CCN(c2ncccc2C(=O)O)CC1. The van der Waals surface area contributed by atoms with Gasteiger partial charge in [-0.3, -0.25) is 0 Å². The fourth-order valence-corrected chi connectivity index (χ4v) is 2.37. The van der Waals surface area contributed by atoms with Crippen molar-refractivity contribution in [1.82, 2.24) is 4.98 Å². The van der Waals surface area contributed by atoms with E-state index in [1.807, 2.05) is 0 Å². The van der Waals surface area contributed by atoms with Gasteiger partial charge in [0.05, 0.1) is 0 Å². The molecule has 0 radical (unpaired) electrons. The summed E-state index contributed by atoms with van der Waals surface area (Å²) < 4.78 is 0. The highest BCUT2D eigenvalue weighted by atomic mass is 16.4. The Morgan fingerprint density at radius 3 is 2.82 bits per heavy atom. The van der Waals surface area contributed by atoms with Gasteiger partial charge in [-0.15, -0.1) is 0 Å². The molecule has 0 bridgehead atoms. The summed E-state index contributed by atoms with van der Waals surface area (Å²) in [5, 5.41) is 9.13. The molecule has 0 aliphatic carbocycles. The number of hydrogen-bond donors (Lipinski definition) is 1. The number of aromatic carboxylic acids is 1. The zero-order chi connectivity index (χ0) is 12.3. The molecular formula is C13H18N2O2. The quantitative estimate of drug-likeness (QED) is 0.872. The average Bonchev–Trinajstić information content (AvgIpc) is 2.39. The highest BCUT2D eigenvalue weighted by Crippen LogP contribution is 2.25. The number of hydrogen-bond acceptors (Lipinski definition) is 3. The fourth-order valence-electron chi connectivity index (χ4n) is 2.37. The van der Waals surface area contributed by atoms with E-state index < -0.39 is 5.97 Å². The number of nitrogens with zero attached hydrogens (tertiary/aromatic N) is 2. The summed E-state index contributed by atoms with van der Waals surface area (Å²) in [6.45, 7) is 4.04. The molecule has 0 spiro atoms. The van der Waals surface area contributed by atoms with Crippen molar-refractivity contribution in [2.45, 2.75) is 26.2 Å². The van der Waals surface area contributed by atoms with Crippen LogP contribution in [0.15, 0.2) is 18.3 Å². The van der Waals surface area contributed by atoms with Crippen LogP contribution >= 0.6 is 0 Å². The third-order valence-corrected chi connectivity index (χ3v) is 3.51. The van der Waals surface area contributed by atoms with E-state index in [1.54, 1.807) is 18.3 Å². The van der Waals surface area contributed by atoms with Gasteiger partial charge in [-0.05, 0) is 30.9 Å². The zero-order valence-electron chi connectivity index (χ0n) is 10.1. The van der Waals surface area contributed by atoms with Gasteiger partial charge in [-0.25, -0.2) is 9.78 Å². The van der Waals surface area contributed by atoms with Crippen LogP contribution in [0.4, 0.5) is 5.82 Å². The van der Waals surface area contributed by atoms with Gasteiger partial charge < -0.3 is 10.0 Å². The molecule has 1 aromatic heterocycles. The standard InChI is InChI=1S/C13H18N2O2/c1-2-10-5-8-15(9-6-10)12-11(13(16)17)4-3-7-14-12/h3-4,7,10H,2,5-6,8-9H2,1H3,(H,16,17). The largest absolute Gasteiger partial charge is 0.478 e. The summed E-state index contributed by atoms with van der Waals surface area (Å²) in [4.78, 5) is 17.4. The van der Waals surface area contributed by atoms with Crippen molar-refractivity contribution >= 4 is 11.8 Å². The van der Waals surface area contributed by atoms with E-state index in [9.17, 15) is 4.79 Å². The molecule has 1 aromatic rings. The van der Waals surface area contributed by atoms with E-state index in [-0.39, 0.29) is 0 Å². The van der Waals surface area contributed by atoms with Crippen molar-refractivity contribution in [3.63, 3.8) is 0 Å². The van der Waals surface area contributed by atoms with Crippen LogP contribution in [0.5, 0.6) is 0 Å². The lowest BCUT2D eigenvalue weighted by molar-refractivity contribution is 0.0697. The summed E-state index contributed by atoms with van der Waals surface area (Å²) in [5.74, 6) is 0.503. The van der Waals surface area contributed by atoms with Crippen molar-refractivity contribution in [2.24, 2.45) is 5.92 Å². The smallest absolute Gasteiger partial charge is 0.339 e. The van der Waals surface area contributed by atoms with E-state index in [0.717, 1.165) is 31.8 Å². The minimum absolute atomic E-state index is 0.308. The van der Waals surface area contributed by atoms with Crippen molar-refractivity contribution < 1.29 is 9.90 Å². The molecule has 92 valence electrons. The van der Waals surface area contributed by atoms with Gasteiger partial charge in [0.15, 0.2) is 0 Å². The first-order valence-corrected chi connectivity index (χ1v) is 6.15. The van der Waals surface area contributed by atoms with Crippen LogP contribution in [0, 0.1) is 5.92 Å². The van der Waals surface area contributed by atoms with Crippen LogP contribution in [-0.2, 0) is 0 Å². The van der Waals surface area contributed by atoms with Gasteiger partial charge in [-0.1, -0.05) is 13.3 Å². The molecular weight excluding hydrogens is 216 g/mol. The Hall–Kier alpha value is -1.58. The third kappa shape index (κ3) is 2.57. The van der Waals surface area contributed by atoms with Crippen molar-refractivity contribution in [1.29, 1.82) is 0 Å². The lowest BCUT2D eigenvalue weighted by Crippen LogP contribution is -2.35. The Morgan fingerprint density at radius 2 is 2.24 bits per heavy atom. The molecule has 17 heavy (non-hydrogen) atoms. The number of carboxylic acids is 1. The van der Waals surface area contributed by atoms with E-state index in [4.69, 9.17) is 5.11 Å². The van der Waals surface area contributed by atoms with Gasteiger partial charge in [0.1, 0.15) is 11.4 Å². The second kappa shape index (κ2) is 5.17. The average molecular weight is 234 g/mol. The molecule has 1 aliphatic heterocycles. The zero-order valence-corrected chi connectivity index (χ0v) is 10.1. The highest BCUT2D eigenvalue weighted by molar-refractivity contribution is 5.93. The predicted octanol–water partition coefficient (Wildman–Crippen LogP) is 2.41. The van der Waals surface area contributed by atoms with E-state index in [0.29, 0.717) is 11.4 Å². The summed E-state index contributed by atoms with van der Waals surface area (Å²) in [6, 6.07) is 3.29. The second-order valence-electron chi connectivity index (χ2n) is 4.52. The third-order valence-electron chi connectivity index (χ3n) is 3.51. The second-order valence-corrected chi connectivity index (χ2v) is 4.52. The lowest BCUT2D eigenvalue weighted by atomic mass is 9.94. The Labute approximate surface area is 101 Å². The van der Waals surface area contributed by atoms with E-state index >= 15 is 0 Å². The van der Waals surface area contributed by atoms with E-state index in [1.165, 1.54) is 6.42 Å². The first kappa shape index (κ1) is 11.9. The maximum Gasteiger partial charge on any atom is 0.339 e. The molecule has 0 saturated carbocycles. The summed E-state index contributed by atoms with van der Waals surface area (Å²) in [5.41, 5.74) is 0.308. The molecule has 0 atom stereocenters. The highest BCUT2D eigenvalue weighted by Gasteiger charge is 2.22. The Balaban J connectivity index is 2.15. The van der Waals surface area contributed by atoms with Crippen molar-refractivity contribution in [2.75, 3.05) is 18.0 Å². The van der Waals surface area contributed by atoms with Crippen LogP contribution in [-0.4, -0.2) is 29.1 Å². The summed E-state index contributed by atoms with van der Waals surface area (Å²) >= 11 is 0. The fraction of sp³-hybridized carbons (Fsp3) is 0.538. The molecule has 1 N–H and O–H groups in total. The Kier molecular flexibility index (Phi) is 3.61. The van der Waals surface area contributed by atoms with Gasteiger partial charge >= 0.3 is 5.97 Å². The molecule has 2 rings (SSSR count). The molecule has 2 heterocycles. The van der Waals surface area contributed by atoms with Gasteiger partial charge in [0, 0.05) is 19.3 Å². The minimum Gasteiger partial charge on any atom is -0.478 e. The van der Waals surface area contributed by atoms with Crippen LogP contribution < -0.4 is 4.90 Å². The normalized spacial score (nSPS) is 17.1. The minimum atomic E-state index is -0.897. The number of carboxylic acid groups (broad SMARTS) is 1. The molecule has 0 unspecified atom stereocenters. The maximum absolute atomic E-state index is 11.1. The number of carbonyl (C=O) groups is 1. The first-order chi connectivity index (χ1) is 8.22. The van der Waals surface area contributed by atoms with E-state index in [2.05, 4.69) is 16.8 Å². The Bertz CT molecular complexity index is 398. The molecule has 4 nitrogen and oxygen atoms in total. The molecule has 1 saturated heterocycles. The number of anilines is 1. The van der Waals surface area contributed by atoms with Crippen LogP contribution in [0.2, 0.25) is 0 Å². The van der Waals surface area contributed by atoms with Crippen molar-refractivity contribution in [3.05, 3.63) is 23.9 Å². The molecule has 0 amide bonds. The Morgan fingerprint density at radius 1 is 1.53 bits per heavy atom. The summed E-state index contributed by atoms with van der Waals surface area (Å²) in [7, 11) is 0. The predicted molar refractivity (Wildman–Crippen MR) is 66.4 cm³/mol. The van der Waals surface area contributed by atoms with Gasteiger partial charge in [0.2, 0.25) is 0 Å². The van der Waals surface area contributed by atoms with Crippen LogP contribution in [0.1, 0.15) is 36.5 Å². The number of rotatable bonds is 3. The number of piperidine rings is 1. The number of aromatic nitrogens is 1. The first-order valence-electron chi connectivity index (χ1n) is 6.15. The molecule has 0 aromatic carbocycles. The summed E-state index contributed by atoms with van der Waals surface area (Å²) in [6.07, 6.45) is 5.13. The molecule has 1 aliphatic rings. The van der Waals surface area contributed by atoms with Crippen LogP contribution in [0.3, 0.4) is 0 Å². The molecule has 4 heteroatoms. The topological polar surface area (TPSA) is 53.4 Å². The van der Waals surface area contributed by atoms with Gasteiger partial charge in [0.25, 0.3) is 0 Å². The van der Waals surface area contributed by atoms with Crippen LogP contribution in [0.25, 0.3) is 0 Å². The van der Waals surface area contributed by atoms with Gasteiger partial charge in [-0.2, -0.15) is 0 Å². The monoisotopic (exact) mass is 234 g/mol. The maximum atomic E-state index is 11.1. The molecule has 1 fully saturated rings. The number of pyridine rings is 1. The lowest BCUT2D eigenvalue weighted by Gasteiger charge is -2.32.